The molecule has 0 aliphatic carbocycles. The molecule has 0 spiro atoms. The molecule has 0 fully saturated rings. The van der Waals surface area contributed by atoms with E-state index in [1.807, 2.05) is 0 Å². The number of hydrogen-bond acceptors (Lipinski definition) is 5. The summed E-state index contributed by atoms with van der Waals surface area (Å²) in [5.41, 5.74) is -0.0594. The summed E-state index contributed by atoms with van der Waals surface area (Å²) in [4.78, 5) is 10.1. The van der Waals surface area contributed by atoms with Gasteiger partial charge in [-0.15, -0.1) is 0 Å². The minimum absolute atomic E-state index is 0.00134. The Labute approximate surface area is 119 Å². The second-order valence-corrected chi connectivity index (χ2v) is 4.54. The first-order chi connectivity index (χ1) is 9.54. The number of rotatable bonds is 6. The third-order valence-electron chi connectivity index (χ3n) is 2.47. The van der Waals surface area contributed by atoms with Crippen LogP contribution >= 0.6 is 11.6 Å². The Morgan fingerprint density at radius 2 is 2.35 bits per heavy atom. The van der Waals surface area contributed by atoms with Crippen molar-refractivity contribution in [1.29, 1.82) is 0 Å². The van der Waals surface area contributed by atoms with Gasteiger partial charge in [0.2, 0.25) is 0 Å². The monoisotopic (exact) mass is 297 g/mol. The highest BCUT2D eigenvalue weighted by atomic mass is 35.5. The summed E-state index contributed by atoms with van der Waals surface area (Å²) in [5, 5.41) is 24.8. The molecule has 8 heteroatoms. The Morgan fingerprint density at radius 1 is 1.55 bits per heavy atom. The van der Waals surface area contributed by atoms with Crippen LogP contribution in [-0.4, -0.2) is 32.5 Å². The molecule has 1 aromatic heterocycles. The van der Waals surface area contributed by atoms with Gasteiger partial charge in [-0.05, 0) is 6.07 Å². The highest BCUT2D eigenvalue weighted by molar-refractivity contribution is 6.30. The third kappa shape index (κ3) is 3.94. The number of non-ortho nitro benzene ring substituents is 1. The minimum Gasteiger partial charge on any atom is -0.491 e. The molecule has 20 heavy (non-hydrogen) atoms. The van der Waals surface area contributed by atoms with Gasteiger partial charge >= 0.3 is 0 Å². The van der Waals surface area contributed by atoms with E-state index in [0.717, 1.165) is 0 Å². The molecule has 2 aromatic rings. The highest BCUT2D eigenvalue weighted by Gasteiger charge is 2.10. The van der Waals surface area contributed by atoms with Crippen molar-refractivity contribution in [3.63, 3.8) is 0 Å². The van der Waals surface area contributed by atoms with Gasteiger partial charge in [0, 0.05) is 12.3 Å². The average Bonchev–Trinajstić information content (AvgIpc) is 2.82. The van der Waals surface area contributed by atoms with Crippen molar-refractivity contribution in [2.75, 3.05) is 6.61 Å². The predicted molar refractivity (Wildman–Crippen MR) is 71.8 cm³/mol. The van der Waals surface area contributed by atoms with Gasteiger partial charge in [-0.2, -0.15) is 5.10 Å². The lowest BCUT2D eigenvalue weighted by atomic mass is 10.3. The van der Waals surface area contributed by atoms with Crippen LogP contribution in [0.15, 0.2) is 36.7 Å². The van der Waals surface area contributed by atoms with Crippen molar-refractivity contribution in [2.24, 2.45) is 0 Å². The van der Waals surface area contributed by atoms with Crippen molar-refractivity contribution >= 4 is 17.3 Å². The molecule has 106 valence electrons. The van der Waals surface area contributed by atoms with Gasteiger partial charge in [0.05, 0.1) is 28.8 Å². The second-order valence-electron chi connectivity index (χ2n) is 4.10. The number of aliphatic hydroxyl groups is 1. The van der Waals surface area contributed by atoms with Crippen molar-refractivity contribution in [2.45, 2.75) is 12.6 Å². The lowest BCUT2D eigenvalue weighted by Gasteiger charge is -2.12. The fourth-order valence-corrected chi connectivity index (χ4v) is 1.74. The summed E-state index contributed by atoms with van der Waals surface area (Å²) in [6.07, 6.45) is 2.25. The van der Waals surface area contributed by atoms with Crippen LogP contribution in [0.2, 0.25) is 5.02 Å². The number of halogens is 1. The maximum atomic E-state index is 10.6. The summed E-state index contributed by atoms with van der Waals surface area (Å²) in [6.45, 7) is 0.223. The zero-order chi connectivity index (χ0) is 14.5. The van der Waals surface area contributed by atoms with Crippen LogP contribution in [0.5, 0.6) is 5.75 Å². The zero-order valence-corrected chi connectivity index (χ0v) is 11.1. The second kappa shape index (κ2) is 6.36. The molecule has 1 heterocycles. The number of benzene rings is 1. The van der Waals surface area contributed by atoms with Crippen LogP contribution in [0.25, 0.3) is 0 Å². The molecule has 0 bridgehead atoms. The molecule has 1 atom stereocenters. The smallest absolute Gasteiger partial charge is 0.273 e. The number of aromatic nitrogens is 2. The number of nitro benzene ring substituents is 1. The molecule has 2 rings (SSSR count). The highest BCUT2D eigenvalue weighted by Crippen LogP contribution is 2.19. The fraction of sp³-hybridized carbons (Fsp3) is 0.250. The van der Waals surface area contributed by atoms with E-state index in [1.54, 1.807) is 12.3 Å². The largest absolute Gasteiger partial charge is 0.491 e. The van der Waals surface area contributed by atoms with E-state index in [-0.39, 0.29) is 18.8 Å². The van der Waals surface area contributed by atoms with E-state index in [2.05, 4.69) is 5.10 Å². The van der Waals surface area contributed by atoms with E-state index >= 15 is 0 Å². The summed E-state index contributed by atoms with van der Waals surface area (Å²) in [7, 11) is 0. The minimum atomic E-state index is -0.801. The Hall–Kier alpha value is -2.12. The van der Waals surface area contributed by atoms with Crippen LogP contribution in [-0.2, 0) is 6.54 Å². The summed E-state index contributed by atoms with van der Waals surface area (Å²) in [5.74, 6) is 0.330. The van der Waals surface area contributed by atoms with Crippen molar-refractivity contribution in [3.8, 4) is 5.75 Å². The van der Waals surface area contributed by atoms with E-state index < -0.39 is 11.0 Å². The van der Waals surface area contributed by atoms with Crippen LogP contribution in [0.4, 0.5) is 5.69 Å². The average molecular weight is 298 g/mol. The SMILES string of the molecule is O=[N+]([O-])c1cccc(OCC(O)Cn2cc(Cl)cn2)c1. The summed E-state index contributed by atoms with van der Waals surface area (Å²) < 4.78 is 6.80. The molecule has 7 nitrogen and oxygen atoms in total. The van der Waals surface area contributed by atoms with Crippen molar-refractivity contribution in [1.82, 2.24) is 9.78 Å². The Bertz CT molecular complexity index is 602. The standard InChI is InChI=1S/C12H12ClN3O4/c13-9-5-14-15(6-9)7-11(17)8-20-12-3-1-2-10(4-12)16(18)19/h1-6,11,17H,7-8H2. The van der Waals surface area contributed by atoms with Gasteiger partial charge in [0.1, 0.15) is 18.5 Å². The lowest BCUT2D eigenvalue weighted by molar-refractivity contribution is -0.384. The number of hydrogen-bond donors (Lipinski definition) is 1. The van der Waals surface area contributed by atoms with Gasteiger partial charge in [0.15, 0.2) is 0 Å². The van der Waals surface area contributed by atoms with Gasteiger partial charge in [-0.25, -0.2) is 0 Å². The van der Waals surface area contributed by atoms with E-state index in [4.69, 9.17) is 16.3 Å². The summed E-state index contributed by atoms with van der Waals surface area (Å²) in [6, 6.07) is 5.78. The number of ether oxygens (including phenoxy) is 1. The van der Waals surface area contributed by atoms with Gasteiger partial charge in [0.25, 0.3) is 5.69 Å². The number of nitro groups is 1. The van der Waals surface area contributed by atoms with E-state index in [9.17, 15) is 15.2 Å². The molecule has 1 N–H and O–H groups in total. The molecule has 0 amide bonds. The van der Waals surface area contributed by atoms with Crippen molar-refractivity contribution < 1.29 is 14.8 Å². The van der Waals surface area contributed by atoms with Crippen LogP contribution in [0, 0.1) is 10.1 Å². The Kier molecular flexibility index (Phi) is 4.54. The van der Waals surface area contributed by atoms with Gasteiger partial charge in [-0.1, -0.05) is 17.7 Å². The molecule has 0 aliphatic heterocycles. The van der Waals surface area contributed by atoms with Crippen LogP contribution in [0.1, 0.15) is 0 Å². The molecule has 0 saturated heterocycles. The Balaban J connectivity index is 1.88. The number of nitrogens with zero attached hydrogens (tertiary/aromatic N) is 3. The van der Waals surface area contributed by atoms with Crippen LogP contribution < -0.4 is 4.74 Å². The molecule has 0 saturated carbocycles. The first-order valence-electron chi connectivity index (χ1n) is 5.78. The fourth-order valence-electron chi connectivity index (χ4n) is 1.59. The molecular formula is C12H12ClN3O4. The van der Waals surface area contributed by atoms with Gasteiger partial charge in [-0.3, -0.25) is 14.8 Å². The van der Waals surface area contributed by atoms with Crippen LogP contribution in [0.3, 0.4) is 0 Å². The molecule has 0 aliphatic rings. The predicted octanol–water partition coefficient (Wildman–Crippen LogP) is 1.88. The van der Waals surface area contributed by atoms with Gasteiger partial charge < -0.3 is 9.84 Å². The third-order valence-corrected chi connectivity index (χ3v) is 2.67. The van der Waals surface area contributed by atoms with E-state index in [1.165, 1.54) is 29.1 Å². The summed E-state index contributed by atoms with van der Waals surface area (Å²) >= 11 is 5.70. The maximum Gasteiger partial charge on any atom is 0.273 e. The molecular weight excluding hydrogens is 286 g/mol. The Morgan fingerprint density at radius 3 is 3.00 bits per heavy atom. The first-order valence-corrected chi connectivity index (χ1v) is 6.15. The number of aliphatic hydroxyl groups excluding tert-OH is 1. The first kappa shape index (κ1) is 14.3. The molecule has 1 aromatic carbocycles. The topological polar surface area (TPSA) is 90.4 Å². The van der Waals surface area contributed by atoms with Crippen molar-refractivity contribution in [3.05, 3.63) is 51.8 Å². The zero-order valence-electron chi connectivity index (χ0n) is 10.3. The molecule has 0 radical (unpaired) electrons. The quantitative estimate of drug-likeness (QED) is 0.649. The normalized spacial score (nSPS) is 12.1. The maximum absolute atomic E-state index is 10.6. The lowest BCUT2D eigenvalue weighted by Crippen LogP contribution is -2.23. The molecule has 1 unspecified atom stereocenters. The van der Waals surface area contributed by atoms with E-state index in [0.29, 0.717) is 10.8 Å².